The molecule has 0 aliphatic carbocycles. The van der Waals surface area contributed by atoms with Crippen LogP contribution in [-0.4, -0.2) is 151 Å². The molecule has 3 fully saturated rings. The number of β-amino-alcohol motifs (C(OH)–C–C–N with tert-alkyl or cyclic N) is 1. The molecule has 0 spiro atoms. The fraction of sp³-hybridized carbons (Fsp3) is 0.854. The van der Waals surface area contributed by atoms with Gasteiger partial charge in [0.05, 0.1) is 75.5 Å². The van der Waals surface area contributed by atoms with E-state index in [1.54, 1.807) is 19.9 Å². The number of carbonyl (C=O) groups is 5. The smallest absolute Gasteiger partial charge is 0.309 e. The van der Waals surface area contributed by atoms with Gasteiger partial charge in [0.25, 0.3) is 0 Å². The van der Waals surface area contributed by atoms with Gasteiger partial charge in [-0.1, -0.05) is 33.8 Å². The second-order valence-corrected chi connectivity index (χ2v) is 20.9. The first kappa shape index (κ1) is 60.1. The number of hydrogen-bond donors (Lipinski definition) is 1. The summed E-state index contributed by atoms with van der Waals surface area (Å²) in [6, 6.07) is 0. The number of morpholine rings is 2. The minimum atomic E-state index is -0.501. The van der Waals surface area contributed by atoms with Crippen LogP contribution in [0.25, 0.3) is 0 Å². The van der Waals surface area contributed by atoms with Crippen molar-refractivity contribution in [3.8, 4) is 0 Å². The van der Waals surface area contributed by atoms with E-state index in [0.717, 1.165) is 39.2 Å². The number of epoxide rings is 1. The Morgan fingerprint density at radius 2 is 0.984 bits per heavy atom. The average Bonchev–Trinajstić information content (AvgIpc) is 3.94. The Balaban J connectivity index is 0.000000830. The molecule has 0 amide bonds. The van der Waals surface area contributed by atoms with E-state index < -0.39 is 17.3 Å². The molecule has 0 aromatic heterocycles. The third kappa shape index (κ3) is 34.1. The van der Waals surface area contributed by atoms with Gasteiger partial charge in [0, 0.05) is 39.1 Å². The first-order valence-corrected chi connectivity index (χ1v) is 22.7. The normalized spacial score (nSPS) is 19.5. The van der Waals surface area contributed by atoms with Gasteiger partial charge in [0.2, 0.25) is 0 Å². The summed E-state index contributed by atoms with van der Waals surface area (Å²) in [5.41, 5.74) is -1.73. The highest BCUT2D eigenvalue weighted by Gasteiger charge is 2.31. The Hall–Kier alpha value is -2.95. The number of carbonyl (C=O) groups excluding carboxylic acids is 5. The van der Waals surface area contributed by atoms with E-state index in [0.29, 0.717) is 58.5 Å². The molecule has 3 rings (SSSR count). The number of Topliss-reactive ketones (excluding diaryl/α,β-unsaturated/α-hetero) is 1. The molecule has 0 aromatic rings. The minimum Gasteiger partial charge on any atom is -0.460 e. The number of esters is 4. The fourth-order valence-corrected chi connectivity index (χ4v) is 5.81. The van der Waals surface area contributed by atoms with Gasteiger partial charge in [0.1, 0.15) is 28.2 Å². The Kier molecular flexibility index (Phi) is 27.5. The van der Waals surface area contributed by atoms with Crippen molar-refractivity contribution in [2.45, 2.75) is 171 Å². The van der Waals surface area contributed by atoms with Crippen LogP contribution in [0.1, 0.15) is 136 Å². The van der Waals surface area contributed by atoms with Crippen LogP contribution in [0.4, 0.5) is 0 Å². The molecule has 0 aromatic carbocycles. The van der Waals surface area contributed by atoms with Gasteiger partial charge >= 0.3 is 23.9 Å². The van der Waals surface area contributed by atoms with Gasteiger partial charge in [-0.25, -0.2) is 0 Å². The second kappa shape index (κ2) is 28.8. The predicted octanol–water partition coefficient (Wildman–Crippen LogP) is 6.60. The van der Waals surface area contributed by atoms with Gasteiger partial charge in [-0.2, -0.15) is 0 Å². The zero-order valence-corrected chi connectivity index (χ0v) is 42.1. The van der Waals surface area contributed by atoms with Crippen LogP contribution in [0.2, 0.25) is 0 Å². The predicted molar refractivity (Wildman–Crippen MR) is 244 cm³/mol. The molecule has 0 radical (unpaired) electrons. The SMILES string of the molecule is C=CCC(C)C(=O)OC(C)(C)C.CC(CC(=O)CN1CCOCC1)C(=O)OC(C)(C)C.CC(CC(O)CN1CCOCC1)C(=O)OC(C)(C)C.CC(CC1CO1)C(=O)OC(C)(C)C. The summed E-state index contributed by atoms with van der Waals surface area (Å²) >= 11 is 0. The third-order valence-corrected chi connectivity index (χ3v) is 9.01. The molecular weight excluding hydrogens is 813 g/mol. The molecule has 0 saturated carbocycles. The van der Waals surface area contributed by atoms with Gasteiger partial charge in [-0.15, -0.1) is 6.58 Å². The summed E-state index contributed by atoms with van der Waals surface area (Å²) in [6.07, 6.45) is 3.67. The molecule has 368 valence electrons. The van der Waals surface area contributed by atoms with Crippen LogP contribution in [0.5, 0.6) is 0 Å². The van der Waals surface area contributed by atoms with Crippen LogP contribution in [-0.2, 0) is 57.1 Å². The van der Waals surface area contributed by atoms with Crippen molar-refractivity contribution < 1.29 is 62.2 Å². The summed E-state index contributed by atoms with van der Waals surface area (Å²) in [6.45, 7) is 40.9. The topological polar surface area (TPSA) is 180 Å². The Bertz CT molecular complexity index is 1360. The summed E-state index contributed by atoms with van der Waals surface area (Å²) < 4.78 is 36.5. The van der Waals surface area contributed by atoms with Crippen molar-refractivity contribution in [2.24, 2.45) is 23.7 Å². The highest BCUT2D eigenvalue weighted by atomic mass is 16.6. The van der Waals surface area contributed by atoms with E-state index in [2.05, 4.69) is 16.4 Å². The number of aliphatic hydroxyl groups is 1. The molecule has 6 unspecified atom stereocenters. The number of ether oxygens (including phenoxy) is 7. The Morgan fingerprint density at radius 3 is 1.37 bits per heavy atom. The first-order valence-electron chi connectivity index (χ1n) is 22.7. The lowest BCUT2D eigenvalue weighted by Crippen LogP contribution is -2.41. The number of aliphatic hydroxyl groups excluding tert-OH is 1. The largest absolute Gasteiger partial charge is 0.460 e. The standard InChI is InChI=1S/C14H27NO4.C14H25NO4.C10H18O3.C10H18O2/c2*1-11(13(17)19-14(2,3)4)9-12(16)10-15-5-7-18-8-6-15;1-7(5-8-6-12-8)9(11)13-10(2,3)4;1-6-7-8(2)9(11)12-10(3,4)5/h11-12,16H,5-10H2,1-4H3;11H,5-10H2,1-4H3;7-8H,5-6H2,1-4H3;6,8H,1,7H2,2-5H3. The van der Waals surface area contributed by atoms with Crippen molar-refractivity contribution >= 4 is 29.7 Å². The number of allylic oxidation sites excluding steroid dienone is 1. The molecule has 0 bridgehead atoms. The second-order valence-electron chi connectivity index (χ2n) is 20.9. The number of hydrogen-bond acceptors (Lipinski definition) is 15. The molecule has 3 aliphatic heterocycles. The highest BCUT2D eigenvalue weighted by molar-refractivity contribution is 5.85. The van der Waals surface area contributed by atoms with E-state index in [9.17, 15) is 29.1 Å². The maximum atomic E-state index is 11.9. The molecule has 6 atom stereocenters. The molecule has 15 nitrogen and oxygen atoms in total. The summed E-state index contributed by atoms with van der Waals surface area (Å²) in [7, 11) is 0. The Morgan fingerprint density at radius 1 is 0.619 bits per heavy atom. The number of nitrogens with zero attached hydrogens (tertiary/aromatic N) is 2. The maximum absolute atomic E-state index is 11.9. The lowest BCUT2D eigenvalue weighted by Gasteiger charge is -2.29. The van der Waals surface area contributed by atoms with Crippen molar-refractivity contribution in [3.05, 3.63) is 12.7 Å². The molecule has 63 heavy (non-hydrogen) atoms. The van der Waals surface area contributed by atoms with Gasteiger partial charge in [-0.3, -0.25) is 33.8 Å². The number of rotatable bonds is 16. The molecule has 3 heterocycles. The number of ketones is 1. The molecule has 15 heteroatoms. The van der Waals surface area contributed by atoms with Gasteiger partial charge in [0.15, 0.2) is 0 Å². The van der Waals surface area contributed by atoms with E-state index >= 15 is 0 Å². The zero-order valence-electron chi connectivity index (χ0n) is 42.1. The lowest BCUT2D eigenvalue weighted by atomic mass is 10.0. The molecular formula is C48H88N2O13. The fourth-order valence-electron chi connectivity index (χ4n) is 5.81. The van der Waals surface area contributed by atoms with E-state index in [1.807, 2.05) is 96.9 Å². The summed E-state index contributed by atoms with van der Waals surface area (Å²) in [5.74, 6) is -1.53. The molecule has 3 saturated heterocycles. The van der Waals surface area contributed by atoms with Crippen molar-refractivity contribution in [3.63, 3.8) is 0 Å². The zero-order chi connectivity index (χ0) is 48.8. The van der Waals surface area contributed by atoms with Crippen LogP contribution < -0.4 is 0 Å². The van der Waals surface area contributed by atoms with Crippen LogP contribution in [0.15, 0.2) is 12.7 Å². The minimum absolute atomic E-state index is 0.0493. The lowest BCUT2D eigenvalue weighted by molar-refractivity contribution is -0.161. The third-order valence-electron chi connectivity index (χ3n) is 9.01. The van der Waals surface area contributed by atoms with Gasteiger partial charge < -0.3 is 38.3 Å². The maximum Gasteiger partial charge on any atom is 0.309 e. The highest BCUT2D eigenvalue weighted by Crippen LogP contribution is 2.22. The van der Waals surface area contributed by atoms with Crippen molar-refractivity contribution in [2.75, 3.05) is 72.3 Å². The van der Waals surface area contributed by atoms with E-state index in [4.69, 9.17) is 33.2 Å². The van der Waals surface area contributed by atoms with Crippen molar-refractivity contribution in [1.82, 2.24) is 9.80 Å². The first-order chi connectivity index (χ1) is 28.8. The van der Waals surface area contributed by atoms with Crippen LogP contribution in [0, 0.1) is 23.7 Å². The quantitative estimate of drug-likeness (QED) is 0.0758. The molecule has 1 N–H and O–H groups in total. The average molecular weight is 901 g/mol. The summed E-state index contributed by atoms with van der Waals surface area (Å²) in [5, 5.41) is 10.0. The monoisotopic (exact) mass is 901 g/mol. The van der Waals surface area contributed by atoms with Crippen LogP contribution >= 0.6 is 0 Å². The van der Waals surface area contributed by atoms with Crippen LogP contribution in [0.3, 0.4) is 0 Å². The summed E-state index contributed by atoms with van der Waals surface area (Å²) in [4.78, 5) is 62.4. The Labute approximate surface area is 380 Å². The van der Waals surface area contributed by atoms with E-state index in [-0.39, 0.29) is 71.0 Å². The van der Waals surface area contributed by atoms with E-state index in [1.165, 1.54) is 0 Å². The van der Waals surface area contributed by atoms with Gasteiger partial charge in [-0.05, 0) is 102 Å². The van der Waals surface area contributed by atoms with Crippen molar-refractivity contribution in [1.29, 1.82) is 0 Å². The molecule has 3 aliphatic rings.